The van der Waals surface area contributed by atoms with Crippen LogP contribution in [-0.2, 0) is 16.0 Å². The maximum Gasteiger partial charge on any atom is 0.310 e. The number of hydrogen-bond acceptors (Lipinski definition) is 3. The lowest BCUT2D eigenvalue weighted by Gasteiger charge is -2.19. The number of aliphatic carboxylic acids is 1. The van der Waals surface area contributed by atoms with E-state index in [4.69, 9.17) is 5.11 Å². The molecular formula is C13H18N2O3. The Balaban J connectivity index is 2.33. The van der Waals surface area contributed by atoms with Gasteiger partial charge in [0.05, 0.1) is 5.41 Å². The normalized spacial score (nSPS) is 11.0. The quantitative estimate of drug-likeness (QED) is 0.796. The maximum absolute atomic E-state index is 11.6. The van der Waals surface area contributed by atoms with Crippen LogP contribution in [-0.4, -0.2) is 28.5 Å². The van der Waals surface area contributed by atoms with E-state index in [0.717, 1.165) is 5.69 Å². The fourth-order valence-corrected chi connectivity index (χ4v) is 1.27. The van der Waals surface area contributed by atoms with Crippen LogP contribution < -0.4 is 5.32 Å². The molecule has 1 heterocycles. The molecule has 0 aliphatic carbocycles. The third kappa shape index (κ3) is 4.53. The number of amides is 1. The number of nitrogens with one attached hydrogen (secondary N) is 1. The number of carbonyl (C=O) groups is 2. The first-order chi connectivity index (χ1) is 8.42. The van der Waals surface area contributed by atoms with Gasteiger partial charge in [0.15, 0.2) is 0 Å². The molecule has 1 aromatic heterocycles. The maximum atomic E-state index is 11.6. The van der Waals surface area contributed by atoms with Crippen LogP contribution in [0.2, 0.25) is 0 Å². The number of carbonyl (C=O) groups excluding carboxylic acids is 1. The SMILES string of the molecule is CC(C)(CNC(=O)CCc1ccccn1)C(=O)O. The van der Waals surface area contributed by atoms with E-state index in [2.05, 4.69) is 10.3 Å². The summed E-state index contributed by atoms with van der Waals surface area (Å²) in [5, 5.41) is 11.5. The molecule has 0 bridgehead atoms. The molecule has 0 spiro atoms. The van der Waals surface area contributed by atoms with E-state index < -0.39 is 11.4 Å². The Morgan fingerprint density at radius 1 is 1.39 bits per heavy atom. The van der Waals surface area contributed by atoms with Gasteiger partial charge in [0.1, 0.15) is 0 Å². The van der Waals surface area contributed by atoms with Gasteiger partial charge >= 0.3 is 5.97 Å². The number of hydrogen-bond donors (Lipinski definition) is 2. The molecule has 0 aliphatic rings. The third-order valence-corrected chi connectivity index (χ3v) is 2.64. The van der Waals surface area contributed by atoms with Gasteiger partial charge in [-0.3, -0.25) is 14.6 Å². The smallest absolute Gasteiger partial charge is 0.310 e. The zero-order chi connectivity index (χ0) is 13.6. The van der Waals surface area contributed by atoms with Gasteiger partial charge in [-0.25, -0.2) is 0 Å². The first kappa shape index (κ1) is 14.2. The van der Waals surface area contributed by atoms with Crippen molar-refractivity contribution in [1.82, 2.24) is 10.3 Å². The number of carboxylic acid groups (broad SMARTS) is 1. The van der Waals surface area contributed by atoms with Gasteiger partial charge in [-0.2, -0.15) is 0 Å². The standard InChI is InChI=1S/C13H18N2O3/c1-13(2,12(17)18)9-15-11(16)7-6-10-5-3-4-8-14-10/h3-5,8H,6-7,9H2,1-2H3,(H,15,16)(H,17,18). The second kappa shape index (κ2) is 6.14. The minimum absolute atomic E-state index is 0.128. The van der Waals surface area contributed by atoms with E-state index in [9.17, 15) is 9.59 Å². The molecule has 0 saturated heterocycles. The number of aromatic nitrogens is 1. The monoisotopic (exact) mass is 250 g/mol. The van der Waals surface area contributed by atoms with Crippen molar-refractivity contribution in [3.63, 3.8) is 0 Å². The average molecular weight is 250 g/mol. The van der Waals surface area contributed by atoms with Crippen molar-refractivity contribution in [2.24, 2.45) is 5.41 Å². The average Bonchev–Trinajstić information content (AvgIpc) is 2.35. The summed E-state index contributed by atoms with van der Waals surface area (Å²) < 4.78 is 0. The van der Waals surface area contributed by atoms with Crippen LogP contribution in [0.4, 0.5) is 0 Å². The van der Waals surface area contributed by atoms with E-state index in [0.29, 0.717) is 12.8 Å². The number of aryl methyl sites for hydroxylation is 1. The molecule has 5 nitrogen and oxygen atoms in total. The van der Waals surface area contributed by atoms with Gasteiger partial charge in [0.2, 0.25) is 5.91 Å². The van der Waals surface area contributed by atoms with Crippen LogP contribution in [0.1, 0.15) is 26.0 Å². The highest BCUT2D eigenvalue weighted by Gasteiger charge is 2.27. The van der Waals surface area contributed by atoms with Gasteiger partial charge in [-0.05, 0) is 32.4 Å². The van der Waals surface area contributed by atoms with E-state index in [1.807, 2.05) is 18.2 Å². The molecule has 98 valence electrons. The summed E-state index contributed by atoms with van der Waals surface area (Å²) in [5.74, 6) is -1.08. The Morgan fingerprint density at radius 3 is 2.67 bits per heavy atom. The number of rotatable bonds is 6. The van der Waals surface area contributed by atoms with E-state index in [1.165, 1.54) is 0 Å². The summed E-state index contributed by atoms with van der Waals surface area (Å²) >= 11 is 0. The second-order valence-corrected chi connectivity index (χ2v) is 4.79. The van der Waals surface area contributed by atoms with Crippen molar-refractivity contribution in [2.45, 2.75) is 26.7 Å². The van der Waals surface area contributed by atoms with Gasteiger partial charge in [0, 0.05) is 24.9 Å². The van der Waals surface area contributed by atoms with Crippen molar-refractivity contribution in [3.8, 4) is 0 Å². The minimum Gasteiger partial charge on any atom is -0.481 e. The highest BCUT2D eigenvalue weighted by molar-refractivity contribution is 5.78. The molecule has 0 atom stereocenters. The number of nitrogens with zero attached hydrogens (tertiary/aromatic N) is 1. The Kier molecular flexibility index (Phi) is 4.83. The zero-order valence-corrected chi connectivity index (χ0v) is 10.6. The van der Waals surface area contributed by atoms with Crippen molar-refractivity contribution >= 4 is 11.9 Å². The zero-order valence-electron chi connectivity index (χ0n) is 10.6. The molecule has 0 fully saturated rings. The summed E-state index contributed by atoms with van der Waals surface area (Å²) in [5.41, 5.74) is -0.0918. The lowest BCUT2D eigenvalue weighted by Crippen LogP contribution is -2.38. The Labute approximate surface area is 106 Å². The lowest BCUT2D eigenvalue weighted by atomic mass is 9.94. The molecule has 1 amide bonds. The first-order valence-corrected chi connectivity index (χ1v) is 5.82. The van der Waals surface area contributed by atoms with E-state index in [1.54, 1.807) is 20.0 Å². The topological polar surface area (TPSA) is 79.3 Å². The molecule has 1 aromatic rings. The minimum atomic E-state index is -0.944. The number of carboxylic acids is 1. The van der Waals surface area contributed by atoms with Gasteiger partial charge in [0.25, 0.3) is 0 Å². The second-order valence-electron chi connectivity index (χ2n) is 4.79. The van der Waals surface area contributed by atoms with Crippen molar-refractivity contribution in [2.75, 3.05) is 6.54 Å². The predicted molar refractivity (Wildman–Crippen MR) is 67.0 cm³/mol. The summed E-state index contributed by atoms with van der Waals surface area (Å²) in [7, 11) is 0. The summed E-state index contributed by atoms with van der Waals surface area (Å²) in [6.45, 7) is 3.28. The molecular weight excluding hydrogens is 232 g/mol. The molecule has 0 unspecified atom stereocenters. The highest BCUT2D eigenvalue weighted by atomic mass is 16.4. The van der Waals surface area contributed by atoms with Crippen molar-refractivity contribution in [3.05, 3.63) is 30.1 Å². The molecule has 0 aliphatic heterocycles. The molecule has 0 aromatic carbocycles. The fourth-order valence-electron chi connectivity index (χ4n) is 1.27. The van der Waals surface area contributed by atoms with Crippen LogP contribution in [0.25, 0.3) is 0 Å². The first-order valence-electron chi connectivity index (χ1n) is 5.82. The Hall–Kier alpha value is -1.91. The molecule has 2 N–H and O–H groups in total. The summed E-state index contributed by atoms with van der Waals surface area (Å²) in [4.78, 5) is 26.5. The lowest BCUT2D eigenvalue weighted by molar-refractivity contribution is -0.146. The molecule has 18 heavy (non-hydrogen) atoms. The van der Waals surface area contributed by atoms with Gasteiger partial charge < -0.3 is 10.4 Å². The van der Waals surface area contributed by atoms with Crippen LogP contribution in [0, 0.1) is 5.41 Å². The number of pyridine rings is 1. The van der Waals surface area contributed by atoms with Gasteiger partial charge in [-0.15, -0.1) is 0 Å². The molecule has 5 heteroatoms. The summed E-state index contributed by atoms with van der Waals surface area (Å²) in [6.07, 6.45) is 2.55. The van der Waals surface area contributed by atoms with Crippen LogP contribution in [0.3, 0.4) is 0 Å². The third-order valence-electron chi connectivity index (χ3n) is 2.64. The summed E-state index contributed by atoms with van der Waals surface area (Å²) in [6, 6.07) is 5.54. The van der Waals surface area contributed by atoms with E-state index in [-0.39, 0.29) is 12.5 Å². The van der Waals surface area contributed by atoms with Crippen LogP contribution in [0.15, 0.2) is 24.4 Å². The molecule has 0 saturated carbocycles. The molecule has 1 rings (SSSR count). The largest absolute Gasteiger partial charge is 0.481 e. The van der Waals surface area contributed by atoms with Crippen LogP contribution in [0.5, 0.6) is 0 Å². The van der Waals surface area contributed by atoms with Crippen LogP contribution >= 0.6 is 0 Å². The predicted octanol–water partition coefficient (Wildman–Crippen LogP) is 1.24. The Morgan fingerprint density at radius 2 is 2.11 bits per heavy atom. The highest BCUT2D eigenvalue weighted by Crippen LogP contribution is 2.13. The van der Waals surface area contributed by atoms with Gasteiger partial charge in [-0.1, -0.05) is 6.07 Å². The fraction of sp³-hybridized carbons (Fsp3) is 0.462. The molecule has 0 radical (unpaired) electrons. The Bertz CT molecular complexity index is 416. The van der Waals surface area contributed by atoms with Crippen molar-refractivity contribution < 1.29 is 14.7 Å². The van der Waals surface area contributed by atoms with E-state index >= 15 is 0 Å². The van der Waals surface area contributed by atoms with Crippen molar-refractivity contribution in [1.29, 1.82) is 0 Å².